The van der Waals surface area contributed by atoms with Crippen molar-refractivity contribution in [3.05, 3.63) is 101 Å². The Balaban J connectivity index is 1.63. The van der Waals surface area contributed by atoms with E-state index >= 15 is 0 Å². The number of aromatic hydroxyl groups is 1. The van der Waals surface area contributed by atoms with Crippen molar-refractivity contribution in [3.8, 4) is 11.5 Å². The maximum atomic E-state index is 13.1. The van der Waals surface area contributed by atoms with Crippen molar-refractivity contribution in [3.63, 3.8) is 0 Å². The maximum Gasteiger partial charge on any atom is 0.295 e. The second-order valence-electron chi connectivity index (χ2n) is 8.74. The lowest BCUT2D eigenvalue weighted by Crippen LogP contribution is -2.31. The Morgan fingerprint density at radius 3 is 2.44 bits per heavy atom. The van der Waals surface area contributed by atoms with Crippen LogP contribution in [0.5, 0.6) is 11.5 Å². The second kappa shape index (κ2) is 11.1. The number of nitrogens with zero attached hydrogens (tertiary/aromatic N) is 1. The molecular weight excluding hydrogens is 458 g/mol. The second-order valence-corrected chi connectivity index (χ2v) is 8.74. The zero-order chi connectivity index (χ0) is 25.7. The molecule has 2 N–H and O–H groups in total. The molecule has 1 amide bonds. The third-order valence-corrected chi connectivity index (χ3v) is 6.09. The number of ether oxygens (including phenoxy) is 2. The average molecular weight is 488 g/mol. The number of carbonyl (C=O) groups excluding carboxylic acids is 2. The molecule has 1 aliphatic heterocycles. The van der Waals surface area contributed by atoms with E-state index in [-0.39, 0.29) is 23.6 Å². The van der Waals surface area contributed by atoms with Crippen LogP contribution in [-0.4, -0.2) is 47.1 Å². The number of aliphatic hydroxyl groups excluding tert-OH is 1. The van der Waals surface area contributed by atoms with Crippen molar-refractivity contribution >= 4 is 17.4 Å². The summed E-state index contributed by atoms with van der Waals surface area (Å²) >= 11 is 0. The molecule has 0 aliphatic carbocycles. The number of methoxy groups -OCH3 is 1. The first kappa shape index (κ1) is 25.0. The molecule has 36 heavy (non-hydrogen) atoms. The molecule has 0 aromatic heterocycles. The number of benzene rings is 3. The fraction of sp³-hybridized carbons (Fsp3) is 0.241. The van der Waals surface area contributed by atoms with Crippen molar-refractivity contribution in [1.82, 2.24) is 4.90 Å². The number of hydrogen-bond donors (Lipinski definition) is 2. The van der Waals surface area contributed by atoms with Gasteiger partial charge in [-0.2, -0.15) is 0 Å². The number of likely N-dealkylation sites (tertiary alicyclic amines) is 1. The Kier molecular flexibility index (Phi) is 7.71. The van der Waals surface area contributed by atoms with Crippen LogP contribution >= 0.6 is 0 Å². The largest absolute Gasteiger partial charge is 0.508 e. The van der Waals surface area contributed by atoms with Crippen molar-refractivity contribution in [1.29, 1.82) is 0 Å². The summed E-state index contributed by atoms with van der Waals surface area (Å²) in [6.07, 6.45) is 0.520. The van der Waals surface area contributed by atoms with E-state index < -0.39 is 17.7 Å². The SMILES string of the molecule is COCCCN1C(=O)C(=O)/C(=C(/O)c2ccc(OCc3cccc(C)c3)cc2)[C@@H]1c1cccc(O)c1. The summed E-state index contributed by atoms with van der Waals surface area (Å²) < 4.78 is 11.0. The Bertz CT molecular complexity index is 1280. The molecule has 186 valence electrons. The number of amides is 1. The molecule has 0 radical (unpaired) electrons. The van der Waals surface area contributed by atoms with Gasteiger partial charge in [0.15, 0.2) is 0 Å². The highest BCUT2D eigenvalue weighted by Gasteiger charge is 2.45. The van der Waals surface area contributed by atoms with Crippen LogP contribution in [0.3, 0.4) is 0 Å². The zero-order valence-corrected chi connectivity index (χ0v) is 20.3. The Labute approximate surface area is 210 Å². The first-order chi connectivity index (χ1) is 17.4. The third-order valence-electron chi connectivity index (χ3n) is 6.09. The summed E-state index contributed by atoms with van der Waals surface area (Å²) in [6.45, 7) is 3.10. The fourth-order valence-corrected chi connectivity index (χ4v) is 4.36. The number of aliphatic hydroxyl groups is 1. The molecule has 0 unspecified atom stereocenters. The Hall–Kier alpha value is -4.10. The lowest BCUT2D eigenvalue weighted by atomic mass is 9.95. The van der Waals surface area contributed by atoms with Crippen LogP contribution in [0, 0.1) is 6.92 Å². The van der Waals surface area contributed by atoms with Crippen LogP contribution in [0.4, 0.5) is 0 Å². The number of rotatable bonds is 9. The number of hydrogen-bond acceptors (Lipinski definition) is 6. The fourth-order valence-electron chi connectivity index (χ4n) is 4.36. The highest BCUT2D eigenvalue weighted by atomic mass is 16.5. The van der Waals surface area contributed by atoms with E-state index in [0.29, 0.717) is 36.5 Å². The van der Waals surface area contributed by atoms with E-state index in [1.54, 1.807) is 43.5 Å². The van der Waals surface area contributed by atoms with Gasteiger partial charge in [-0.3, -0.25) is 9.59 Å². The molecule has 0 saturated carbocycles. The lowest BCUT2D eigenvalue weighted by molar-refractivity contribution is -0.140. The molecule has 1 aliphatic rings. The van der Waals surface area contributed by atoms with Gasteiger partial charge in [-0.15, -0.1) is 0 Å². The van der Waals surface area contributed by atoms with Crippen molar-refractivity contribution < 1.29 is 29.3 Å². The number of phenolic OH excluding ortho intramolecular Hbond substituents is 1. The van der Waals surface area contributed by atoms with Gasteiger partial charge in [-0.25, -0.2) is 0 Å². The zero-order valence-electron chi connectivity index (χ0n) is 20.3. The monoisotopic (exact) mass is 487 g/mol. The Morgan fingerprint density at radius 1 is 1.00 bits per heavy atom. The molecule has 1 fully saturated rings. The summed E-state index contributed by atoms with van der Waals surface area (Å²) in [4.78, 5) is 27.4. The summed E-state index contributed by atoms with van der Waals surface area (Å²) in [6, 6.07) is 20.3. The lowest BCUT2D eigenvalue weighted by Gasteiger charge is -2.25. The van der Waals surface area contributed by atoms with E-state index in [4.69, 9.17) is 9.47 Å². The minimum atomic E-state index is -0.828. The highest BCUT2D eigenvalue weighted by molar-refractivity contribution is 6.46. The number of Topliss-reactive ketones (excluding diaryl/α,β-unsaturated/α-hetero) is 1. The van der Waals surface area contributed by atoms with E-state index in [9.17, 15) is 19.8 Å². The standard InChI is InChI=1S/C29H29NO6/c1-19-6-3-7-20(16-19)18-36-24-12-10-21(11-13-24)27(32)25-26(22-8-4-9-23(31)17-22)30(14-5-15-35-2)29(34)28(25)33/h3-4,6-13,16-17,26,31-32H,5,14-15,18H2,1-2H3/b27-25+/t26-/m0/s1. The van der Waals surface area contributed by atoms with Gasteiger partial charge in [0.25, 0.3) is 11.7 Å². The van der Waals surface area contributed by atoms with Crippen LogP contribution in [0.25, 0.3) is 5.76 Å². The number of phenols is 1. The molecule has 1 saturated heterocycles. The summed E-state index contributed by atoms with van der Waals surface area (Å²) in [5.74, 6) is -1.12. The minimum absolute atomic E-state index is 0.00471. The smallest absolute Gasteiger partial charge is 0.295 e. The molecule has 3 aromatic rings. The topological polar surface area (TPSA) is 96.3 Å². The van der Waals surface area contributed by atoms with E-state index in [2.05, 4.69) is 0 Å². The van der Waals surface area contributed by atoms with Crippen LogP contribution in [0.2, 0.25) is 0 Å². The van der Waals surface area contributed by atoms with Crippen molar-refractivity contribution in [2.75, 3.05) is 20.3 Å². The van der Waals surface area contributed by atoms with Crippen molar-refractivity contribution in [2.24, 2.45) is 0 Å². The van der Waals surface area contributed by atoms with E-state index in [1.165, 1.54) is 17.0 Å². The molecule has 1 atom stereocenters. The van der Waals surface area contributed by atoms with Gasteiger partial charge < -0.3 is 24.6 Å². The predicted octanol–water partition coefficient (Wildman–Crippen LogP) is 4.74. The predicted molar refractivity (Wildman–Crippen MR) is 136 cm³/mol. The van der Waals surface area contributed by atoms with Gasteiger partial charge in [0, 0.05) is 25.8 Å². The van der Waals surface area contributed by atoms with E-state index in [1.807, 2.05) is 31.2 Å². The van der Waals surface area contributed by atoms with Crippen LogP contribution in [-0.2, 0) is 20.9 Å². The summed E-state index contributed by atoms with van der Waals surface area (Å²) in [7, 11) is 1.56. The Morgan fingerprint density at radius 2 is 1.75 bits per heavy atom. The van der Waals surface area contributed by atoms with Crippen molar-refractivity contribution in [2.45, 2.75) is 26.0 Å². The highest BCUT2D eigenvalue weighted by Crippen LogP contribution is 2.40. The van der Waals surface area contributed by atoms with Gasteiger partial charge >= 0.3 is 0 Å². The van der Waals surface area contributed by atoms with Gasteiger partial charge in [0.2, 0.25) is 0 Å². The quantitative estimate of drug-likeness (QED) is 0.196. The molecule has 7 heteroatoms. The molecule has 3 aromatic carbocycles. The molecule has 4 rings (SSSR count). The minimum Gasteiger partial charge on any atom is -0.508 e. The maximum absolute atomic E-state index is 13.1. The summed E-state index contributed by atoms with van der Waals surface area (Å²) in [5, 5.41) is 21.2. The molecule has 0 bridgehead atoms. The molecule has 7 nitrogen and oxygen atoms in total. The average Bonchev–Trinajstić information content (AvgIpc) is 3.13. The van der Waals surface area contributed by atoms with Gasteiger partial charge in [0.1, 0.15) is 23.9 Å². The normalized spacial score (nSPS) is 16.9. The van der Waals surface area contributed by atoms with E-state index in [0.717, 1.165) is 11.1 Å². The summed E-state index contributed by atoms with van der Waals surface area (Å²) in [5.41, 5.74) is 3.10. The van der Waals surface area contributed by atoms with Gasteiger partial charge in [-0.1, -0.05) is 42.0 Å². The van der Waals surface area contributed by atoms with Crippen LogP contribution < -0.4 is 4.74 Å². The number of aryl methyl sites for hydroxylation is 1. The number of carbonyl (C=O) groups is 2. The molecule has 1 heterocycles. The third kappa shape index (κ3) is 5.42. The molecular formula is C29H29NO6. The first-order valence-corrected chi connectivity index (χ1v) is 11.7. The van der Waals surface area contributed by atoms with Gasteiger partial charge in [-0.05, 0) is 60.9 Å². The van der Waals surface area contributed by atoms with Crippen LogP contribution in [0.15, 0.2) is 78.4 Å². The van der Waals surface area contributed by atoms with Crippen LogP contribution in [0.1, 0.15) is 34.7 Å². The van der Waals surface area contributed by atoms with Gasteiger partial charge in [0.05, 0.1) is 11.6 Å². The molecule has 0 spiro atoms. The first-order valence-electron chi connectivity index (χ1n) is 11.7. The number of ketones is 1.